The van der Waals surface area contributed by atoms with Gasteiger partial charge in [-0.2, -0.15) is 0 Å². The molecular formula is C10H21NO3. The normalized spacial score (nSPS) is 13.1. The van der Waals surface area contributed by atoms with Gasteiger partial charge < -0.3 is 9.84 Å². The van der Waals surface area contributed by atoms with Crippen LogP contribution in [0, 0.1) is 0 Å². The fraction of sp³-hybridized carbons (Fsp3) is 0.900. The molecule has 0 aromatic heterocycles. The lowest BCUT2D eigenvalue weighted by Crippen LogP contribution is -2.38. The molecule has 0 fully saturated rings. The molecule has 14 heavy (non-hydrogen) atoms. The number of carboxylic acid groups (broad SMARTS) is 1. The number of unbranched alkanes of at least 4 members (excludes halogenated alkanes) is 1. The Bertz CT molecular complexity index is 161. The molecule has 4 heteroatoms. The van der Waals surface area contributed by atoms with Gasteiger partial charge in [0.2, 0.25) is 0 Å². The third-order valence-corrected chi connectivity index (χ3v) is 2.31. The molecule has 1 unspecified atom stereocenters. The van der Waals surface area contributed by atoms with Gasteiger partial charge in [-0.25, -0.2) is 0 Å². The first-order valence-corrected chi connectivity index (χ1v) is 5.05. The molecule has 4 nitrogen and oxygen atoms in total. The molecule has 0 spiro atoms. The number of hydrogen-bond acceptors (Lipinski definition) is 3. The number of aliphatic carboxylic acids is 1. The molecule has 1 N–H and O–H groups in total. The Hall–Kier alpha value is -0.610. The van der Waals surface area contributed by atoms with Crippen LogP contribution < -0.4 is 0 Å². The molecule has 0 rings (SSSR count). The molecule has 0 aromatic carbocycles. The summed E-state index contributed by atoms with van der Waals surface area (Å²) in [5.74, 6) is -0.734. The van der Waals surface area contributed by atoms with Crippen molar-refractivity contribution in [3.8, 4) is 0 Å². The minimum atomic E-state index is -0.734. The van der Waals surface area contributed by atoms with Crippen molar-refractivity contribution in [2.24, 2.45) is 0 Å². The third-order valence-electron chi connectivity index (χ3n) is 2.31. The van der Waals surface area contributed by atoms with E-state index < -0.39 is 5.97 Å². The summed E-state index contributed by atoms with van der Waals surface area (Å²) in [6.45, 7) is 3.45. The van der Waals surface area contributed by atoms with Gasteiger partial charge in [0.05, 0.1) is 0 Å². The fourth-order valence-electron chi connectivity index (χ4n) is 1.44. The summed E-state index contributed by atoms with van der Waals surface area (Å²) in [6.07, 6.45) is 2.61. The Morgan fingerprint density at radius 2 is 2.14 bits per heavy atom. The molecule has 0 heterocycles. The van der Waals surface area contributed by atoms with E-state index in [9.17, 15) is 4.79 Å². The lowest BCUT2D eigenvalue weighted by Gasteiger charge is -2.23. The van der Waals surface area contributed by atoms with Gasteiger partial charge >= 0.3 is 5.97 Å². The molecule has 0 radical (unpaired) electrons. The van der Waals surface area contributed by atoms with Crippen LogP contribution >= 0.6 is 0 Å². The van der Waals surface area contributed by atoms with Crippen LogP contribution in [0.15, 0.2) is 0 Å². The first-order valence-electron chi connectivity index (χ1n) is 5.05. The Morgan fingerprint density at radius 1 is 1.50 bits per heavy atom. The highest BCUT2D eigenvalue weighted by molar-refractivity contribution is 5.73. The summed E-state index contributed by atoms with van der Waals surface area (Å²) in [6, 6.07) is -0.349. The highest BCUT2D eigenvalue weighted by atomic mass is 16.5. The number of nitrogens with zero attached hydrogens (tertiary/aromatic N) is 1. The second-order valence-electron chi connectivity index (χ2n) is 3.44. The first kappa shape index (κ1) is 13.4. The number of methoxy groups -OCH3 is 1. The second-order valence-corrected chi connectivity index (χ2v) is 3.44. The Kier molecular flexibility index (Phi) is 7.42. The van der Waals surface area contributed by atoms with E-state index in [1.807, 2.05) is 18.9 Å². The number of hydrogen-bond donors (Lipinski definition) is 1. The van der Waals surface area contributed by atoms with E-state index in [2.05, 4.69) is 0 Å². The van der Waals surface area contributed by atoms with Gasteiger partial charge in [0.15, 0.2) is 0 Å². The van der Waals surface area contributed by atoms with Crippen LogP contribution in [0.1, 0.15) is 26.2 Å². The van der Waals surface area contributed by atoms with Crippen molar-refractivity contribution in [1.82, 2.24) is 4.90 Å². The maximum Gasteiger partial charge on any atom is 0.320 e. The van der Waals surface area contributed by atoms with Crippen LogP contribution in [0.25, 0.3) is 0 Å². The molecule has 0 aliphatic heterocycles. The van der Waals surface area contributed by atoms with Crippen LogP contribution in [0.5, 0.6) is 0 Å². The molecule has 0 aromatic rings. The van der Waals surface area contributed by atoms with E-state index in [0.717, 1.165) is 26.0 Å². The molecular weight excluding hydrogens is 182 g/mol. The molecule has 0 amide bonds. The quantitative estimate of drug-likeness (QED) is 0.602. The molecule has 0 aliphatic carbocycles. The zero-order valence-electron chi connectivity index (χ0n) is 9.32. The molecule has 0 saturated carbocycles. The number of carboxylic acids is 1. The Balaban J connectivity index is 3.69. The van der Waals surface area contributed by atoms with Crippen LogP contribution in [-0.2, 0) is 9.53 Å². The second kappa shape index (κ2) is 7.76. The zero-order chi connectivity index (χ0) is 11.0. The van der Waals surface area contributed by atoms with Gasteiger partial charge in [-0.1, -0.05) is 6.92 Å². The molecule has 0 saturated heterocycles. The van der Waals surface area contributed by atoms with E-state index in [1.54, 1.807) is 7.11 Å². The van der Waals surface area contributed by atoms with Crippen molar-refractivity contribution in [3.05, 3.63) is 0 Å². The largest absolute Gasteiger partial charge is 0.480 e. The van der Waals surface area contributed by atoms with Crippen molar-refractivity contribution >= 4 is 5.97 Å². The van der Waals surface area contributed by atoms with Gasteiger partial charge in [-0.05, 0) is 32.9 Å². The fourth-order valence-corrected chi connectivity index (χ4v) is 1.44. The van der Waals surface area contributed by atoms with Crippen molar-refractivity contribution in [1.29, 1.82) is 0 Å². The van der Waals surface area contributed by atoms with Gasteiger partial charge in [0.1, 0.15) is 6.04 Å². The summed E-state index contributed by atoms with van der Waals surface area (Å²) in [7, 11) is 3.53. The summed E-state index contributed by atoms with van der Waals surface area (Å²) < 4.78 is 4.92. The van der Waals surface area contributed by atoms with Gasteiger partial charge in [0, 0.05) is 13.7 Å². The maximum atomic E-state index is 10.8. The van der Waals surface area contributed by atoms with Crippen molar-refractivity contribution in [2.75, 3.05) is 27.3 Å². The van der Waals surface area contributed by atoms with Crippen LogP contribution in [0.2, 0.25) is 0 Å². The average Bonchev–Trinajstić information content (AvgIpc) is 2.13. The van der Waals surface area contributed by atoms with Gasteiger partial charge in [-0.3, -0.25) is 9.69 Å². The smallest absolute Gasteiger partial charge is 0.320 e. The Labute approximate surface area is 85.9 Å². The van der Waals surface area contributed by atoms with Crippen molar-refractivity contribution in [3.63, 3.8) is 0 Å². The predicted octanol–water partition coefficient (Wildman–Crippen LogP) is 1.21. The van der Waals surface area contributed by atoms with E-state index in [0.29, 0.717) is 6.42 Å². The van der Waals surface area contributed by atoms with Crippen LogP contribution in [-0.4, -0.2) is 49.3 Å². The summed E-state index contributed by atoms with van der Waals surface area (Å²) in [4.78, 5) is 12.7. The Morgan fingerprint density at radius 3 is 2.57 bits per heavy atom. The highest BCUT2D eigenvalue weighted by Gasteiger charge is 2.19. The minimum Gasteiger partial charge on any atom is -0.480 e. The van der Waals surface area contributed by atoms with E-state index in [1.165, 1.54) is 0 Å². The SMILES string of the molecule is CCC(C(=O)O)N(C)CCCCOC. The van der Waals surface area contributed by atoms with Gasteiger partial charge in [0.25, 0.3) is 0 Å². The number of likely N-dealkylation sites (N-methyl/N-ethyl adjacent to an activating group) is 1. The monoisotopic (exact) mass is 203 g/mol. The van der Waals surface area contributed by atoms with E-state index >= 15 is 0 Å². The minimum absolute atomic E-state index is 0.349. The molecule has 1 atom stereocenters. The predicted molar refractivity (Wildman–Crippen MR) is 55.5 cm³/mol. The molecule has 0 aliphatic rings. The topological polar surface area (TPSA) is 49.8 Å². The molecule has 84 valence electrons. The lowest BCUT2D eigenvalue weighted by molar-refractivity contribution is -0.142. The zero-order valence-corrected chi connectivity index (χ0v) is 9.32. The average molecular weight is 203 g/mol. The van der Waals surface area contributed by atoms with Crippen molar-refractivity contribution in [2.45, 2.75) is 32.2 Å². The van der Waals surface area contributed by atoms with Crippen LogP contribution in [0.3, 0.4) is 0 Å². The van der Waals surface area contributed by atoms with Gasteiger partial charge in [-0.15, -0.1) is 0 Å². The summed E-state index contributed by atoms with van der Waals surface area (Å²) in [5, 5.41) is 8.88. The third kappa shape index (κ3) is 5.19. The summed E-state index contributed by atoms with van der Waals surface area (Å²) >= 11 is 0. The standard InChI is InChI=1S/C10H21NO3/c1-4-9(10(12)13)11(2)7-5-6-8-14-3/h9H,4-8H2,1-3H3,(H,12,13). The number of rotatable bonds is 8. The summed E-state index contributed by atoms with van der Waals surface area (Å²) in [5.41, 5.74) is 0. The van der Waals surface area contributed by atoms with Crippen molar-refractivity contribution < 1.29 is 14.6 Å². The molecule has 0 bridgehead atoms. The maximum absolute atomic E-state index is 10.8. The highest BCUT2D eigenvalue weighted by Crippen LogP contribution is 2.03. The number of ether oxygens (including phenoxy) is 1. The van der Waals surface area contributed by atoms with E-state index in [-0.39, 0.29) is 6.04 Å². The van der Waals surface area contributed by atoms with E-state index in [4.69, 9.17) is 9.84 Å². The van der Waals surface area contributed by atoms with Crippen LogP contribution in [0.4, 0.5) is 0 Å². The number of carbonyl (C=O) groups is 1. The lowest BCUT2D eigenvalue weighted by atomic mass is 10.2. The first-order chi connectivity index (χ1) is 6.63.